The smallest absolute Gasteiger partial charge is 0.232 e. The number of anilines is 4. The monoisotopic (exact) mass is 608 g/mol. The molecule has 0 unspecified atom stereocenters. The van der Waals surface area contributed by atoms with Crippen molar-refractivity contribution in [1.82, 2.24) is 15.0 Å². The van der Waals surface area contributed by atoms with E-state index in [-0.39, 0.29) is 0 Å². The van der Waals surface area contributed by atoms with Crippen molar-refractivity contribution < 1.29 is 9.47 Å². The van der Waals surface area contributed by atoms with Crippen LogP contribution in [-0.2, 0) is 0 Å². The average Bonchev–Trinajstić information content (AvgIpc) is 2.92. The number of para-hydroxylation sites is 1. The molecule has 0 atom stereocenters. The molecule has 40 heavy (non-hydrogen) atoms. The summed E-state index contributed by atoms with van der Waals surface area (Å²) in [5, 5.41) is 10.6. The number of benzene rings is 3. The van der Waals surface area contributed by atoms with Gasteiger partial charge in [0.25, 0.3) is 0 Å². The van der Waals surface area contributed by atoms with Crippen LogP contribution in [0.1, 0.15) is 19.4 Å². The quantitative estimate of drug-likeness (QED) is 0.122. The van der Waals surface area contributed by atoms with Gasteiger partial charge in [-0.05, 0) is 104 Å². The second kappa shape index (κ2) is 14.8. The van der Waals surface area contributed by atoms with E-state index in [4.69, 9.17) is 33.9 Å². The number of hydrogen-bond acceptors (Lipinski definition) is 10. The van der Waals surface area contributed by atoms with Crippen molar-refractivity contribution in [1.29, 1.82) is 0 Å². The minimum atomic E-state index is 0.391. The lowest BCUT2D eigenvalue weighted by Gasteiger charge is -2.12. The molecular weight excluding hydrogens is 581 g/mol. The van der Waals surface area contributed by atoms with Crippen LogP contribution >= 0.6 is 48.0 Å². The summed E-state index contributed by atoms with van der Waals surface area (Å²) in [5.74, 6) is 1.99. The molecule has 0 fully saturated rings. The van der Waals surface area contributed by atoms with E-state index in [2.05, 4.69) is 30.9 Å². The molecule has 0 saturated heterocycles. The summed E-state index contributed by atoms with van der Waals surface area (Å²) in [4.78, 5) is 13.8. The first-order valence-corrected chi connectivity index (χ1v) is 14.9. The second-order valence-corrected chi connectivity index (χ2v) is 11.4. The van der Waals surface area contributed by atoms with Gasteiger partial charge in [-0.25, -0.2) is 0 Å². The van der Waals surface area contributed by atoms with E-state index >= 15 is 0 Å². The van der Waals surface area contributed by atoms with Gasteiger partial charge in [-0.3, -0.25) is 0 Å². The number of rotatable bonds is 10. The zero-order chi connectivity index (χ0) is 28.3. The van der Waals surface area contributed by atoms with Gasteiger partial charge in [0.15, 0.2) is 0 Å². The first kappa shape index (κ1) is 29.5. The van der Waals surface area contributed by atoms with Crippen LogP contribution in [0.2, 0.25) is 0 Å². The Bertz CT molecular complexity index is 1370. The Morgan fingerprint density at radius 1 is 0.700 bits per heavy atom. The molecule has 4 rings (SSSR count). The highest BCUT2D eigenvalue weighted by Crippen LogP contribution is 2.27. The van der Waals surface area contributed by atoms with Crippen LogP contribution in [0.5, 0.6) is 11.5 Å². The Morgan fingerprint density at radius 3 is 1.62 bits per heavy atom. The van der Waals surface area contributed by atoms with Gasteiger partial charge < -0.3 is 25.4 Å². The van der Waals surface area contributed by atoms with Gasteiger partial charge in [-0.15, -0.1) is 0 Å². The zero-order valence-corrected chi connectivity index (χ0v) is 25.4. The number of nitrogens with one attached hydrogen (secondary N) is 3. The Morgan fingerprint density at radius 2 is 1.18 bits per heavy atom. The summed E-state index contributed by atoms with van der Waals surface area (Å²) < 4.78 is 12.0. The first-order chi connectivity index (χ1) is 19.4. The van der Waals surface area contributed by atoms with Gasteiger partial charge in [0.05, 0.1) is 13.2 Å². The van der Waals surface area contributed by atoms with Crippen LogP contribution in [0, 0.1) is 6.92 Å². The molecule has 0 aliphatic carbocycles. The van der Waals surface area contributed by atoms with Gasteiger partial charge in [0.1, 0.15) is 20.1 Å². The lowest BCUT2D eigenvalue weighted by Crippen LogP contribution is -2.10. The van der Waals surface area contributed by atoms with Crippen molar-refractivity contribution in [2.75, 3.05) is 29.2 Å². The van der Waals surface area contributed by atoms with Crippen LogP contribution in [0.4, 0.5) is 23.0 Å². The first-order valence-electron chi connectivity index (χ1n) is 12.4. The van der Waals surface area contributed by atoms with Crippen LogP contribution in [0.15, 0.2) is 83.1 Å². The van der Waals surface area contributed by atoms with Crippen molar-refractivity contribution in [2.24, 2.45) is 0 Å². The zero-order valence-electron chi connectivity index (χ0n) is 22.1. The number of thiocarbonyl (C=S) groups is 2. The standard InChI is InChI=1S/C28H28N6O2S4/c1-4-35-21-14-10-19(11-15-21)29-27(37)39-25-32-24(31-23-9-7-6-8-18(23)3)33-26(34-25)40-28(38)30-20-12-16-22(17-13-20)36-5-2/h6-17H,4-5H2,1-3H3,(H,29,37)(H,30,38)(H,31,32,33,34). The molecule has 0 bridgehead atoms. The normalized spacial score (nSPS) is 10.5. The summed E-state index contributed by atoms with van der Waals surface area (Å²) in [5.41, 5.74) is 3.63. The molecule has 1 aromatic heterocycles. The summed E-state index contributed by atoms with van der Waals surface area (Å²) in [7, 11) is 0. The van der Waals surface area contributed by atoms with Crippen molar-refractivity contribution in [3.63, 3.8) is 0 Å². The van der Waals surface area contributed by atoms with E-state index in [0.717, 1.165) is 34.1 Å². The van der Waals surface area contributed by atoms with E-state index < -0.39 is 0 Å². The maximum Gasteiger partial charge on any atom is 0.232 e. The molecule has 206 valence electrons. The predicted molar refractivity (Wildman–Crippen MR) is 174 cm³/mol. The van der Waals surface area contributed by atoms with Crippen molar-refractivity contribution in [2.45, 2.75) is 31.1 Å². The molecule has 0 aliphatic heterocycles. The Hall–Kier alpha value is -3.45. The van der Waals surface area contributed by atoms with Gasteiger partial charge in [0.2, 0.25) is 16.3 Å². The van der Waals surface area contributed by atoms with Crippen LogP contribution in [0.3, 0.4) is 0 Å². The topological polar surface area (TPSA) is 93.2 Å². The van der Waals surface area contributed by atoms with E-state index in [1.165, 1.54) is 23.5 Å². The van der Waals surface area contributed by atoms with Crippen molar-refractivity contribution in [3.05, 3.63) is 78.4 Å². The summed E-state index contributed by atoms with van der Waals surface area (Å²) >= 11 is 13.6. The molecule has 1 heterocycles. The lowest BCUT2D eigenvalue weighted by atomic mass is 10.2. The number of hydrogen-bond donors (Lipinski definition) is 3. The summed E-state index contributed by atoms with van der Waals surface area (Å²) in [6.45, 7) is 7.13. The number of thioether (sulfide) groups is 2. The molecule has 8 nitrogen and oxygen atoms in total. The molecule has 4 aromatic rings. The van der Waals surface area contributed by atoms with Gasteiger partial charge in [-0.2, -0.15) is 15.0 Å². The molecule has 3 N–H and O–H groups in total. The molecule has 0 saturated carbocycles. The van der Waals surface area contributed by atoms with Crippen LogP contribution in [-0.4, -0.2) is 36.8 Å². The number of aromatic nitrogens is 3. The SMILES string of the molecule is CCOc1ccc(NC(=S)Sc2nc(Nc3ccccc3C)nc(SC(=S)Nc3ccc(OCC)cc3)n2)cc1. The molecule has 0 spiro atoms. The van der Waals surface area contributed by atoms with Crippen molar-refractivity contribution >= 4 is 79.6 Å². The minimum Gasteiger partial charge on any atom is -0.494 e. The van der Waals surface area contributed by atoms with Crippen molar-refractivity contribution in [3.8, 4) is 11.5 Å². The van der Waals surface area contributed by atoms with E-state index in [9.17, 15) is 0 Å². The Kier molecular flexibility index (Phi) is 10.9. The number of nitrogens with zero attached hydrogens (tertiary/aromatic N) is 3. The molecular formula is C28H28N6O2S4. The molecule has 12 heteroatoms. The Balaban J connectivity index is 1.49. The van der Waals surface area contributed by atoms with Gasteiger partial charge in [0, 0.05) is 17.1 Å². The van der Waals surface area contributed by atoms with E-state index in [1.54, 1.807) is 0 Å². The molecule has 0 radical (unpaired) electrons. The summed E-state index contributed by atoms with van der Waals surface area (Å²) in [6, 6.07) is 23.1. The van der Waals surface area contributed by atoms with Crippen LogP contribution in [0.25, 0.3) is 0 Å². The fraction of sp³-hybridized carbons (Fsp3) is 0.179. The largest absolute Gasteiger partial charge is 0.494 e. The average molecular weight is 609 g/mol. The van der Waals surface area contributed by atoms with Gasteiger partial charge >= 0.3 is 0 Å². The van der Waals surface area contributed by atoms with Gasteiger partial charge in [-0.1, -0.05) is 42.6 Å². The third kappa shape index (κ3) is 9.05. The maximum atomic E-state index is 5.59. The molecule has 0 amide bonds. The fourth-order valence-corrected chi connectivity index (χ4v) is 5.31. The highest BCUT2D eigenvalue weighted by atomic mass is 32.2. The van der Waals surface area contributed by atoms with Crippen LogP contribution < -0.4 is 25.4 Å². The molecule has 0 aliphatic rings. The lowest BCUT2D eigenvalue weighted by molar-refractivity contribution is 0.340. The minimum absolute atomic E-state index is 0.391. The van der Waals surface area contributed by atoms with E-state index in [1.807, 2.05) is 93.6 Å². The highest BCUT2D eigenvalue weighted by molar-refractivity contribution is 8.23. The number of aryl methyl sites for hydroxylation is 1. The second-order valence-electron chi connectivity index (χ2n) is 8.11. The third-order valence-electron chi connectivity index (χ3n) is 5.18. The summed E-state index contributed by atoms with van der Waals surface area (Å²) in [6.07, 6.45) is 0. The fourth-order valence-electron chi connectivity index (χ4n) is 3.37. The third-order valence-corrected chi connectivity index (χ3v) is 7.19. The highest BCUT2D eigenvalue weighted by Gasteiger charge is 2.14. The Labute approximate surface area is 253 Å². The maximum absolute atomic E-state index is 5.59. The van der Waals surface area contributed by atoms with E-state index in [0.29, 0.717) is 38.1 Å². The molecule has 3 aromatic carbocycles. The number of ether oxygens (including phenoxy) is 2. The predicted octanol–water partition coefficient (Wildman–Crippen LogP) is 7.70.